The summed E-state index contributed by atoms with van der Waals surface area (Å²) in [6.07, 6.45) is 9.94. The van der Waals surface area contributed by atoms with Crippen molar-refractivity contribution in [2.75, 3.05) is 18.8 Å². The molecule has 1 aliphatic rings. The van der Waals surface area contributed by atoms with Gasteiger partial charge in [-0.25, -0.2) is 4.98 Å². The maximum Gasteiger partial charge on any atom is 0.132 e. The van der Waals surface area contributed by atoms with Crippen molar-refractivity contribution in [1.82, 2.24) is 25.1 Å². The molecule has 1 aliphatic heterocycles. The Balaban J connectivity index is 0.00000121. The van der Waals surface area contributed by atoms with Crippen LogP contribution in [-0.4, -0.2) is 32.8 Å². The number of piperidine rings is 1. The maximum absolute atomic E-state index is 6.22. The van der Waals surface area contributed by atoms with E-state index in [2.05, 4.69) is 68.5 Å². The lowest BCUT2D eigenvalue weighted by molar-refractivity contribution is 0.343. The number of nitrogens with zero attached hydrogens (tertiary/aromatic N) is 4. The highest BCUT2D eigenvalue weighted by atomic mass is 35.5. The Kier molecular flexibility index (Phi) is 8.87. The van der Waals surface area contributed by atoms with Gasteiger partial charge in [0.05, 0.1) is 17.9 Å². The molecule has 5 rings (SSSR count). The molecule has 3 aromatic heterocycles. The van der Waals surface area contributed by atoms with Gasteiger partial charge in [-0.1, -0.05) is 23.8 Å². The minimum absolute atomic E-state index is 0. The third-order valence-corrected chi connectivity index (χ3v) is 5.69. The van der Waals surface area contributed by atoms with Crippen molar-refractivity contribution in [3.8, 4) is 22.4 Å². The lowest BCUT2D eigenvalue weighted by Crippen LogP contribution is -2.29. The third-order valence-electron chi connectivity index (χ3n) is 5.69. The molecular weight excluding hydrogens is 467 g/mol. The second-order valence-corrected chi connectivity index (χ2v) is 7.77. The Morgan fingerprint density at radius 1 is 0.906 bits per heavy atom. The number of nitrogen functional groups attached to an aromatic ring is 1. The first-order valence-corrected chi connectivity index (χ1v) is 10.0. The van der Waals surface area contributed by atoms with E-state index in [4.69, 9.17) is 5.73 Å². The van der Waals surface area contributed by atoms with Gasteiger partial charge in [0, 0.05) is 40.7 Å². The summed E-state index contributed by atoms with van der Waals surface area (Å²) in [6, 6.07) is 11.0. The van der Waals surface area contributed by atoms with Crippen molar-refractivity contribution < 1.29 is 0 Å². The van der Waals surface area contributed by atoms with Crippen LogP contribution in [-0.2, 0) is 0 Å². The second-order valence-electron chi connectivity index (χ2n) is 7.77. The third kappa shape index (κ3) is 5.15. The van der Waals surface area contributed by atoms with Gasteiger partial charge in [-0.2, -0.15) is 5.10 Å². The number of halogens is 3. The summed E-state index contributed by atoms with van der Waals surface area (Å²) in [5.41, 5.74) is 11.2. The maximum atomic E-state index is 6.22. The van der Waals surface area contributed by atoms with Crippen LogP contribution in [0.1, 0.15) is 24.4 Å². The largest absolute Gasteiger partial charge is 0.383 e. The highest BCUT2D eigenvalue weighted by Gasteiger charge is 2.17. The summed E-state index contributed by atoms with van der Waals surface area (Å²) >= 11 is 0. The van der Waals surface area contributed by atoms with Gasteiger partial charge in [-0.05, 0) is 50.4 Å². The minimum Gasteiger partial charge on any atom is -0.383 e. The molecule has 0 spiro atoms. The van der Waals surface area contributed by atoms with Crippen molar-refractivity contribution in [3.63, 3.8) is 0 Å². The lowest BCUT2D eigenvalue weighted by atomic mass is 10.0. The van der Waals surface area contributed by atoms with Crippen molar-refractivity contribution in [1.29, 1.82) is 0 Å². The number of rotatable bonds is 3. The van der Waals surface area contributed by atoms with Gasteiger partial charge < -0.3 is 11.1 Å². The summed E-state index contributed by atoms with van der Waals surface area (Å²) in [5.74, 6) is 0.485. The molecule has 0 amide bonds. The van der Waals surface area contributed by atoms with E-state index in [1.54, 1.807) is 0 Å². The molecular formula is C23H27Cl3N6. The van der Waals surface area contributed by atoms with Gasteiger partial charge in [0.15, 0.2) is 0 Å². The van der Waals surface area contributed by atoms with Crippen molar-refractivity contribution in [2.45, 2.75) is 25.8 Å². The van der Waals surface area contributed by atoms with Gasteiger partial charge in [0.25, 0.3) is 0 Å². The molecule has 1 fully saturated rings. The van der Waals surface area contributed by atoms with Crippen molar-refractivity contribution in [2.24, 2.45) is 0 Å². The van der Waals surface area contributed by atoms with Crippen molar-refractivity contribution in [3.05, 3.63) is 60.7 Å². The first-order chi connectivity index (χ1) is 14.2. The SMILES string of the molecule is Cc1ccc2cnc(-c3cc(-c4cnn(C5CCNCC5)c4)cnc3N)cc2c1.Cl.Cl.Cl. The van der Waals surface area contributed by atoms with E-state index in [9.17, 15) is 0 Å². The van der Waals surface area contributed by atoms with Crippen LogP contribution in [0.25, 0.3) is 33.2 Å². The van der Waals surface area contributed by atoms with E-state index in [1.165, 1.54) is 5.56 Å². The Morgan fingerprint density at radius 2 is 1.69 bits per heavy atom. The molecule has 1 saturated heterocycles. The fraction of sp³-hybridized carbons (Fsp3) is 0.261. The first-order valence-electron chi connectivity index (χ1n) is 10.0. The zero-order chi connectivity index (χ0) is 19.8. The molecule has 1 aromatic carbocycles. The van der Waals surface area contributed by atoms with E-state index in [-0.39, 0.29) is 37.2 Å². The Morgan fingerprint density at radius 3 is 2.47 bits per heavy atom. The number of hydrogen-bond acceptors (Lipinski definition) is 5. The minimum atomic E-state index is 0. The predicted octanol–water partition coefficient (Wildman–Crippen LogP) is 5.24. The highest BCUT2D eigenvalue weighted by molar-refractivity contribution is 5.88. The first kappa shape index (κ1) is 25.9. The van der Waals surface area contributed by atoms with E-state index in [0.29, 0.717) is 11.9 Å². The van der Waals surface area contributed by atoms with Gasteiger partial charge >= 0.3 is 0 Å². The average Bonchev–Trinajstić information content (AvgIpc) is 3.24. The summed E-state index contributed by atoms with van der Waals surface area (Å²) in [4.78, 5) is 9.08. The lowest BCUT2D eigenvalue weighted by Gasteiger charge is -2.22. The van der Waals surface area contributed by atoms with Crippen LogP contribution in [0.3, 0.4) is 0 Å². The normalized spacial score (nSPS) is 13.7. The topological polar surface area (TPSA) is 81.7 Å². The van der Waals surface area contributed by atoms with Crippen LogP contribution < -0.4 is 11.1 Å². The predicted molar refractivity (Wildman–Crippen MR) is 138 cm³/mol. The zero-order valence-electron chi connectivity index (χ0n) is 17.7. The quantitative estimate of drug-likeness (QED) is 0.408. The number of benzene rings is 1. The Hall–Kier alpha value is -2.38. The average molecular weight is 494 g/mol. The van der Waals surface area contributed by atoms with Crippen LogP contribution in [0.2, 0.25) is 0 Å². The molecule has 170 valence electrons. The highest BCUT2D eigenvalue weighted by Crippen LogP contribution is 2.31. The standard InChI is InChI=1S/C23H24N6.3ClH/c1-15-2-3-16-11-26-22(10-17(16)8-15)21-9-18(12-27-23(21)24)19-13-28-29(14-19)20-4-6-25-7-5-20;;;/h2-3,8-14,20,25H,4-7H2,1H3,(H2,24,27);3*1H. The second kappa shape index (κ2) is 11.0. The fourth-order valence-electron chi connectivity index (χ4n) is 4.00. The summed E-state index contributed by atoms with van der Waals surface area (Å²) in [5, 5.41) is 10.3. The van der Waals surface area contributed by atoms with Gasteiger partial charge in [0.1, 0.15) is 5.82 Å². The molecule has 3 N–H and O–H groups in total. The summed E-state index contributed by atoms with van der Waals surface area (Å²) < 4.78 is 2.09. The molecule has 0 radical (unpaired) electrons. The number of aryl methyl sites for hydroxylation is 1. The van der Waals surface area contributed by atoms with Gasteiger partial charge in [0.2, 0.25) is 0 Å². The number of aromatic nitrogens is 4. The monoisotopic (exact) mass is 492 g/mol. The van der Waals surface area contributed by atoms with Crippen LogP contribution in [0.5, 0.6) is 0 Å². The molecule has 0 atom stereocenters. The molecule has 32 heavy (non-hydrogen) atoms. The van der Waals surface area contributed by atoms with Crippen LogP contribution in [0.15, 0.2) is 55.1 Å². The zero-order valence-corrected chi connectivity index (χ0v) is 20.1. The number of hydrogen-bond donors (Lipinski definition) is 2. The Bertz CT molecular complexity index is 1190. The molecule has 6 nitrogen and oxygen atoms in total. The van der Waals surface area contributed by atoms with E-state index in [1.807, 2.05) is 18.6 Å². The van der Waals surface area contributed by atoms with Crippen LogP contribution >= 0.6 is 37.2 Å². The molecule has 9 heteroatoms. The van der Waals surface area contributed by atoms with Crippen molar-refractivity contribution >= 4 is 53.8 Å². The molecule has 0 aliphatic carbocycles. The smallest absolute Gasteiger partial charge is 0.132 e. The van der Waals surface area contributed by atoms with E-state index >= 15 is 0 Å². The molecule has 4 heterocycles. The molecule has 0 saturated carbocycles. The van der Waals surface area contributed by atoms with E-state index in [0.717, 1.165) is 59.1 Å². The van der Waals surface area contributed by atoms with Gasteiger partial charge in [-0.15, -0.1) is 37.2 Å². The molecule has 4 aromatic rings. The summed E-state index contributed by atoms with van der Waals surface area (Å²) in [6.45, 7) is 4.18. The number of nitrogens with one attached hydrogen (secondary N) is 1. The van der Waals surface area contributed by atoms with Gasteiger partial charge in [-0.3, -0.25) is 9.67 Å². The fourth-order valence-corrected chi connectivity index (χ4v) is 4.00. The number of nitrogens with two attached hydrogens (primary N) is 1. The number of fused-ring (bicyclic) bond motifs is 1. The number of pyridine rings is 2. The number of anilines is 1. The Labute approximate surface area is 206 Å². The molecule has 0 bridgehead atoms. The molecule has 0 unspecified atom stereocenters. The van der Waals surface area contributed by atoms with E-state index < -0.39 is 0 Å². The summed E-state index contributed by atoms with van der Waals surface area (Å²) in [7, 11) is 0. The van der Waals surface area contributed by atoms with Crippen LogP contribution in [0.4, 0.5) is 5.82 Å². The van der Waals surface area contributed by atoms with Crippen LogP contribution in [0, 0.1) is 6.92 Å².